The number of ether oxygens (including phenoxy) is 2. The third-order valence-corrected chi connectivity index (χ3v) is 4.64. The Labute approximate surface area is 188 Å². The average Bonchev–Trinajstić information content (AvgIpc) is 3.36. The average molecular weight is 457 g/mol. The number of amides is 3. The maximum Gasteiger partial charge on any atom is 0.338 e. The molecule has 11 nitrogen and oxygen atoms in total. The Kier molecular flexibility index (Phi) is 7.82. The van der Waals surface area contributed by atoms with Gasteiger partial charge in [0.25, 0.3) is 5.91 Å². The molecule has 0 saturated carbocycles. The Morgan fingerprint density at radius 3 is 2.55 bits per heavy atom. The molecule has 1 aromatic carbocycles. The highest BCUT2D eigenvalue weighted by atomic mass is 16.5. The second-order valence-electron chi connectivity index (χ2n) is 6.84. The highest BCUT2D eigenvalue weighted by Crippen LogP contribution is 2.28. The molecule has 0 fully saturated rings. The van der Waals surface area contributed by atoms with Gasteiger partial charge < -0.3 is 34.9 Å². The van der Waals surface area contributed by atoms with Gasteiger partial charge in [-0.3, -0.25) is 4.79 Å². The summed E-state index contributed by atoms with van der Waals surface area (Å²) in [4.78, 5) is 49.5. The standard InChI is InChI=1S/C22H23N3O8/c1-2-31-21(29)17-15(24-22(30)25-18(17)16-9-6-10-32-16)12-33-20(28)14(11-26)23-19(27)13-7-4-3-5-8-13/h3-10,14,18,26H,2,11-12H2,1H3,(H,23,27)(H2,24,25,30). The van der Waals surface area contributed by atoms with Crippen molar-refractivity contribution in [2.24, 2.45) is 0 Å². The molecule has 0 aliphatic carbocycles. The van der Waals surface area contributed by atoms with Crippen molar-refractivity contribution in [2.45, 2.75) is 19.0 Å². The van der Waals surface area contributed by atoms with Crippen LogP contribution in [0.15, 0.2) is 64.4 Å². The summed E-state index contributed by atoms with van der Waals surface area (Å²) < 4.78 is 15.6. The van der Waals surface area contributed by atoms with Gasteiger partial charge in [0.2, 0.25) is 0 Å². The number of hydrogen-bond acceptors (Lipinski definition) is 8. The molecule has 1 aliphatic rings. The van der Waals surface area contributed by atoms with Gasteiger partial charge in [0, 0.05) is 5.56 Å². The van der Waals surface area contributed by atoms with Gasteiger partial charge in [-0.15, -0.1) is 0 Å². The van der Waals surface area contributed by atoms with E-state index in [1.165, 1.54) is 6.26 Å². The number of urea groups is 1. The number of aliphatic hydroxyl groups excluding tert-OH is 1. The minimum absolute atomic E-state index is 0.00642. The highest BCUT2D eigenvalue weighted by molar-refractivity contribution is 5.97. The van der Waals surface area contributed by atoms with E-state index in [2.05, 4.69) is 16.0 Å². The Morgan fingerprint density at radius 2 is 1.91 bits per heavy atom. The Hall–Kier alpha value is -4.12. The maximum atomic E-state index is 12.6. The zero-order valence-corrected chi connectivity index (χ0v) is 17.7. The van der Waals surface area contributed by atoms with E-state index in [1.807, 2.05) is 0 Å². The first-order chi connectivity index (χ1) is 15.9. The van der Waals surface area contributed by atoms with Crippen LogP contribution in [0.3, 0.4) is 0 Å². The normalized spacial score (nSPS) is 16.3. The zero-order chi connectivity index (χ0) is 23.8. The fraction of sp³-hybridized carbons (Fsp3) is 0.273. The van der Waals surface area contributed by atoms with Crippen LogP contribution in [0.5, 0.6) is 0 Å². The zero-order valence-electron chi connectivity index (χ0n) is 17.7. The molecule has 0 bridgehead atoms. The van der Waals surface area contributed by atoms with Gasteiger partial charge in [-0.2, -0.15) is 0 Å². The predicted octanol–water partition coefficient (Wildman–Crippen LogP) is 0.785. The number of nitrogens with one attached hydrogen (secondary N) is 3. The first-order valence-corrected chi connectivity index (χ1v) is 10.1. The van der Waals surface area contributed by atoms with Crippen molar-refractivity contribution in [1.29, 1.82) is 0 Å². The minimum atomic E-state index is -1.36. The van der Waals surface area contributed by atoms with Crippen LogP contribution in [0.2, 0.25) is 0 Å². The Morgan fingerprint density at radius 1 is 1.15 bits per heavy atom. The highest BCUT2D eigenvalue weighted by Gasteiger charge is 2.36. The molecule has 11 heteroatoms. The van der Waals surface area contributed by atoms with Crippen molar-refractivity contribution in [3.8, 4) is 0 Å². The summed E-state index contributed by atoms with van der Waals surface area (Å²) in [5.74, 6) is -2.00. The molecule has 174 valence electrons. The molecular formula is C22H23N3O8. The third-order valence-electron chi connectivity index (χ3n) is 4.64. The largest absolute Gasteiger partial charge is 0.467 e. The molecule has 0 spiro atoms. The van der Waals surface area contributed by atoms with Crippen LogP contribution in [-0.2, 0) is 19.1 Å². The van der Waals surface area contributed by atoms with Crippen LogP contribution in [0.4, 0.5) is 4.79 Å². The van der Waals surface area contributed by atoms with Crippen molar-refractivity contribution < 1.29 is 38.2 Å². The van der Waals surface area contributed by atoms with Gasteiger partial charge in [0.05, 0.1) is 30.7 Å². The molecule has 0 saturated heterocycles. The molecule has 1 aliphatic heterocycles. The first kappa shape index (κ1) is 23.5. The summed E-state index contributed by atoms with van der Waals surface area (Å²) in [7, 11) is 0. The van der Waals surface area contributed by atoms with E-state index in [1.54, 1.807) is 49.4 Å². The molecule has 3 amide bonds. The summed E-state index contributed by atoms with van der Waals surface area (Å²) >= 11 is 0. The minimum Gasteiger partial charge on any atom is -0.467 e. The Balaban J connectivity index is 1.77. The monoisotopic (exact) mass is 457 g/mol. The summed E-state index contributed by atoms with van der Waals surface area (Å²) in [6.07, 6.45) is 1.38. The number of carbonyl (C=O) groups excluding carboxylic acids is 4. The van der Waals surface area contributed by atoms with Crippen LogP contribution < -0.4 is 16.0 Å². The van der Waals surface area contributed by atoms with E-state index < -0.39 is 49.2 Å². The third kappa shape index (κ3) is 5.77. The van der Waals surface area contributed by atoms with Gasteiger partial charge in [0.15, 0.2) is 6.04 Å². The second-order valence-corrected chi connectivity index (χ2v) is 6.84. The van der Waals surface area contributed by atoms with Gasteiger partial charge >= 0.3 is 18.0 Å². The fourth-order valence-corrected chi connectivity index (χ4v) is 3.10. The summed E-state index contributed by atoms with van der Waals surface area (Å²) in [5.41, 5.74) is 0.272. The molecular weight excluding hydrogens is 434 g/mol. The van der Waals surface area contributed by atoms with Gasteiger partial charge in [0.1, 0.15) is 18.4 Å². The lowest BCUT2D eigenvalue weighted by molar-refractivity contribution is -0.146. The molecule has 2 unspecified atom stereocenters. The topological polar surface area (TPSA) is 156 Å². The van der Waals surface area contributed by atoms with Crippen LogP contribution >= 0.6 is 0 Å². The number of furan rings is 1. The number of rotatable bonds is 9. The second kappa shape index (κ2) is 11.0. The van der Waals surface area contributed by atoms with Crippen molar-refractivity contribution >= 4 is 23.9 Å². The SMILES string of the molecule is CCOC(=O)C1=C(COC(=O)C(CO)NC(=O)c2ccccc2)NC(=O)NC1c1ccco1. The molecule has 2 atom stereocenters. The molecule has 4 N–H and O–H groups in total. The number of hydrogen-bond donors (Lipinski definition) is 4. The number of aliphatic hydroxyl groups is 1. The van der Waals surface area contributed by atoms with E-state index >= 15 is 0 Å². The molecule has 2 heterocycles. The summed E-state index contributed by atoms with van der Waals surface area (Å²) in [5, 5.41) is 16.9. The summed E-state index contributed by atoms with van der Waals surface area (Å²) in [6, 6.07) is 8.32. The van der Waals surface area contributed by atoms with E-state index in [-0.39, 0.29) is 23.6 Å². The van der Waals surface area contributed by atoms with Crippen LogP contribution in [0, 0.1) is 0 Å². The van der Waals surface area contributed by atoms with E-state index in [9.17, 15) is 24.3 Å². The van der Waals surface area contributed by atoms with Crippen molar-refractivity contribution in [2.75, 3.05) is 19.8 Å². The summed E-state index contributed by atoms with van der Waals surface area (Å²) in [6.45, 7) is 0.460. The Bertz CT molecular complexity index is 1030. The van der Waals surface area contributed by atoms with Gasteiger partial charge in [-0.05, 0) is 31.2 Å². The van der Waals surface area contributed by atoms with Crippen molar-refractivity contribution in [1.82, 2.24) is 16.0 Å². The number of benzene rings is 1. The van der Waals surface area contributed by atoms with Crippen LogP contribution in [0.1, 0.15) is 29.1 Å². The van der Waals surface area contributed by atoms with Crippen molar-refractivity contribution in [3.63, 3.8) is 0 Å². The van der Waals surface area contributed by atoms with Crippen LogP contribution in [0.25, 0.3) is 0 Å². The fourth-order valence-electron chi connectivity index (χ4n) is 3.10. The lowest BCUT2D eigenvalue weighted by atomic mass is 10.0. The number of carbonyl (C=O) groups is 4. The molecule has 2 aromatic rings. The lowest BCUT2D eigenvalue weighted by Crippen LogP contribution is -2.48. The van der Waals surface area contributed by atoms with Gasteiger partial charge in [-0.25, -0.2) is 14.4 Å². The lowest BCUT2D eigenvalue weighted by Gasteiger charge is -2.28. The first-order valence-electron chi connectivity index (χ1n) is 10.1. The van der Waals surface area contributed by atoms with Crippen LogP contribution in [-0.4, -0.2) is 54.8 Å². The molecule has 3 rings (SSSR count). The van der Waals surface area contributed by atoms with E-state index in [0.717, 1.165) is 0 Å². The van der Waals surface area contributed by atoms with E-state index in [0.29, 0.717) is 5.56 Å². The molecule has 1 aromatic heterocycles. The number of esters is 2. The molecule has 0 radical (unpaired) electrons. The van der Waals surface area contributed by atoms with Crippen molar-refractivity contribution in [3.05, 3.63) is 71.3 Å². The molecule has 33 heavy (non-hydrogen) atoms. The van der Waals surface area contributed by atoms with Gasteiger partial charge in [-0.1, -0.05) is 18.2 Å². The quantitative estimate of drug-likeness (QED) is 0.403. The smallest absolute Gasteiger partial charge is 0.338 e. The van der Waals surface area contributed by atoms with E-state index in [4.69, 9.17) is 13.9 Å². The predicted molar refractivity (Wildman–Crippen MR) is 113 cm³/mol. The maximum absolute atomic E-state index is 12.6.